The van der Waals surface area contributed by atoms with Crippen molar-refractivity contribution < 1.29 is 25.3 Å². The van der Waals surface area contributed by atoms with E-state index in [0.717, 1.165) is 25.7 Å². The van der Waals surface area contributed by atoms with Crippen molar-refractivity contribution in [2.75, 3.05) is 0 Å². The van der Waals surface area contributed by atoms with Crippen LogP contribution in [0.4, 0.5) is 0 Å². The van der Waals surface area contributed by atoms with Crippen LogP contribution >= 0.6 is 0 Å². The number of rotatable bonds is 4. The lowest BCUT2D eigenvalue weighted by Gasteiger charge is -2.40. The molecule has 3 aliphatic rings. The molecule has 3 rings (SSSR count). The van der Waals surface area contributed by atoms with Gasteiger partial charge >= 0.3 is 36.2 Å². The molecular formula is C14H30O6Si4. The fraction of sp³-hybridized carbons (Fsp3) is 1.00. The zero-order valence-corrected chi connectivity index (χ0v) is 19.3. The molecule has 0 aromatic heterocycles. The van der Waals surface area contributed by atoms with Crippen molar-refractivity contribution in [2.45, 2.75) is 89.8 Å². The Hall–Kier alpha value is 0.628. The highest BCUT2D eigenvalue weighted by Crippen LogP contribution is 2.31. The van der Waals surface area contributed by atoms with Gasteiger partial charge in [-0.1, -0.05) is 25.7 Å². The highest BCUT2D eigenvalue weighted by Gasteiger charge is 2.51. The molecule has 0 bridgehead atoms. The van der Waals surface area contributed by atoms with Gasteiger partial charge in [0.1, 0.15) is 0 Å². The first-order chi connectivity index (χ1) is 11.4. The monoisotopic (exact) mass is 406 g/mol. The van der Waals surface area contributed by atoms with Crippen LogP contribution in [0.3, 0.4) is 0 Å². The summed E-state index contributed by atoms with van der Waals surface area (Å²) in [5, 5.41) is 0. The molecule has 2 aliphatic carbocycles. The van der Waals surface area contributed by atoms with Gasteiger partial charge in [0.05, 0.1) is 0 Å². The van der Waals surface area contributed by atoms with E-state index >= 15 is 0 Å². The molecule has 2 saturated carbocycles. The highest BCUT2D eigenvalue weighted by atomic mass is 28.5. The molecule has 1 heterocycles. The SMILES string of the molecule is C[Si]1O[Si](C)(OC2CCCC2)O[Si](C)O[Si](C)(OC2CCCC2)O1. The van der Waals surface area contributed by atoms with Crippen LogP contribution in [0, 0.1) is 0 Å². The molecule has 0 aromatic rings. The molecule has 1 saturated heterocycles. The molecule has 6 nitrogen and oxygen atoms in total. The third kappa shape index (κ3) is 5.31. The molecule has 0 atom stereocenters. The van der Waals surface area contributed by atoms with Crippen molar-refractivity contribution in [2.24, 2.45) is 0 Å². The van der Waals surface area contributed by atoms with Gasteiger partial charge in [0.25, 0.3) is 0 Å². The molecule has 0 aromatic carbocycles. The molecule has 3 fully saturated rings. The summed E-state index contributed by atoms with van der Waals surface area (Å²) in [5.41, 5.74) is 0. The van der Waals surface area contributed by atoms with Crippen molar-refractivity contribution in [3.63, 3.8) is 0 Å². The fourth-order valence-corrected chi connectivity index (χ4v) is 16.8. The smallest absolute Gasteiger partial charge is 0.393 e. The van der Waals surface area contributed by atoms with Crippen LogP contribution in [0.2, 0.25) is 26.2 Å². The molecule has 0 unspecified atom stereocenters. The minimum Gasteiger partial charge on any atom is -0.393 e. The van der Waals surface area contributed by atoms with Crippen LogP contribution < -0.4 is 0 Å². The predicted molar refractivity (Wildman–Crippen MR) is 97.5 cm³/mol. The summed E-state index contributed by atoms with van der Waals surface area (Å²) >= 11 is 0. The minimum atomic E-state index is -2.71. The lowest BCUT2D eigenvalue weighted by atomic mass is 10.3. The molecular weight excluding hydrogens is 376 g/mol. The maximum atomic E-state index is 6.28. The van der Waals surface area contributed by atoms with E-state index in [9.17, 15) is 0 Å². The first kappa shape index (κ1) is 19.4. The van der Waals surface area contributed by atoms with E-state index in [0.29, 0.717) is 0 Å². The maximum absolute atomic E-state index is 6.28. The van der Waals surface area contributed by atoms with Gasteiger partial charge < -0.3 is 25.3 Å². The second-order valence-corrected chi connectivity index (χ2v) is 16.3. The van der Waals surface area contributed by atoms with E-state index in [4.69, 9.17) is 25.3 Å². The maximum Gasteiger partial charge on any atom is 0.479 e. The number of hydrogen-bond acceptors (Lipinski definition) is 6. The summed E-state index contributed by atoms with van der Waals surface area (Å²) in [6.07, 6.45) is 9.88. The molecule has 0 amide bonds. The summed E-state index contributed by atoms with van der Waals surface area (Å²) in [4.78, 5) is 0. The summed E-state index contributed by atoms with van der Waals surface area (Å²) in [5.74, 6) is 0. The van der Waals surface area contributed by atoms with Gasteiger partial charge in [-0.3, -0.25) is 0 Å². The topological polar surface area (TPSA) is 55.4 Å². The van der Waals surface area contributed by atoms with Crippen molar-refractivity contribution in [3.8, 4) is 0 Å². The van der Waals surface area contributed by atoms with Crippen molar-refractivity contribution >= 4 is 36.2 Å². The molecule has 0 N–H and O–H groups in total. The number of hydrogen-bond donors (Lipinski definition) is 0. The third-order valence-electron chi connectivity index (χ3n) is 4.68. The van der Waals surface area contributed by atoms with Crippen LogP contribution in [0.15, 0.2) is 0 Å². The average molecular weight is 407 g/mol. The molecule has 138 valence electrons. The van der Waals surface area contributed by atoms with E-state index in [-0.39, 0.29) is 12.2 Å². The Bertz CT molecular complexity index is 366. The Morgan fingerprint density at radius 1 is 0.667 bits per heavy atom. The minimum absolute atomic E-state index is 0.268. The first-order valence-electron chi connectivity index (χ1n) is 9.15. The Balaban J connectivity index is 1.63. The summed E-state index contributed by atoms with van der Waals surface area (Å²) in [7, 11) is -8.48. The molecule has 10 heteroatoms. The zero-order valence-electron chi connectivity index (χ0n) is 15.3. The normalized spacial score (nSPS) is 38.5. The Labute approximate surface area is 151 Å². The Morgan fingerprint density at radius 3 is 1.25 bits per heavy atom. The quantitative estimate of drug-likeness (QED) is 0.667. The van der Waals surface area contributed by atoms with E-state index in [2.05, 4.69) is 0 Å². The predicted octanol–water partition coefficient (Wildman–Crippen LogP) is 3.36. The third-order valence-corrected chi connectivity index (χ3v) is 16.7. The van der Waals surface area contributed by atoms with Gasteiger partial charge in [-0.25, -0.2) is 0 Å². The van der Waals surface area contributed by atoms with Crippen LogP contribution in [0.25, 0.3) is 0 Å². The van der Waals surface area contributed by atoms with Gasteiger partial charge in [0.15, 0.2) is 0 Å². The van der Waals surface area contributed by atoms with Gasteiger partial charge in [0, 0.05) is 25.3 Å². The second kappa shape index (κ2) is 8.11. The van der Waals surface area contributed by atoms with Crippen molar-refractivity contribution in [3.05, 3.63) is 0 Å². The summed E-state index contributed by atoms with van der Waals surface area (Å²) in [6, 6.07) is 0. The fourth-order valence-electron chi connectivity index (χ4n) is 3.84. The lowest BCUT2D eigenvalue weighted by molar-refractivity contribution is 0.0640. The lowest BCUT2D eigenvalue weighted by Crippen LogP contribution is -2.61. The van der Waals surface area contributed by atoms with Gasteiger partial charge in [-0.15, -0.1) is 0 Å². The van der Waals surface area contributed by atoms with Crippen molar-refractivity contribution in [1.82, 2.24) is 0 Å². The highest BCUT2D eigenvalue weighted by molar-refractivity contribution is 6.81. The van der Waals surface area contributed by atoms with Crippen LogP contribution in [0.1, 0.15) is 51.4 Å². The van der Waals surface area contributed by atoms with Gasteiger partial charge in [-0.05, 0) is 38.8 Å². The Morgan fingerprint density at radius 2 is 0.958 bits per heavy atom. The molecule has 24 heavy (non-hydrogen) atoms. The molecule has 0 spiro atoms. The zero-order chi connectivity index (χ0) is 17.2. The van der Waals surface area contributed by atoms with Crippen molar-refractivity contribution in [1.29, 1.82) is 0 Å². The van der Waals surface area contributed by atoms with Crippen LogP contribution in [-0.4, -0.2) is 48.4 Å². The first-order valence-corrected chi connectivity index (χ1v) is 17.2. The average Bonchev–Trinajstić information content (AvgIpc) is 3.09. The summed E-state index contributed by atoms with van der Waals surface area (Å²) in [6.45, 7) is 7.97. The van der Waals surface area contributed by atoms with Crippen LogP contribution in [0.5, 0.6) is 0 Å². The van der Waals surface area contributed by atoms with Gasteiger partial charge in [-0.2, -0.15) is 0 Å². The van der Waals surface area contributed by atoms with Gasteiger partial charge in [0.2, 0.25) is 0 Å². The van der Waals surface area contributed by atoms with Crippen LogP contribution in [-0.2, 0) is 25.3 Å². The second-order valence-electron chi connectivity index (χ2n) is 7.16. The summed E-state index contributed by atoms with van der Waals surface area (Å²) < 4.78 is 37.5. The van der Waals surface area contributed by atoms with E-state index < -0.39 is 36.2 Å². The Kier molecular flexibility index (Phi) is 6.55. The van der Waals surface area contributed by atoms with E-state index in [1.165, 1.54) is 25.7 Å². The van der Waals surface area contributed by atoms with E-state index in [1.54, 1.807) is 0 Å². The standard InChI is InChI=1S/C14H30O6Si4/c1-21-17-23(3,15-13-9-5-6-10-13)19-22(2)20-24(4,18-21)16-14-11-7-8-12-14/h13-14H,5-12H2,1-4H3. The largest absolute Gasteiger partial charge is 0.479 e. The molecule has 1 aliphatic heterocycles. The molecule has 2 radical (unpaired) electrons. The van der Waals surface area contributed by atoms with E-state index in [1.807, 2.05) is 26.2 Å².